The fourth-order valence-electron chi connectivity index (χ4n) is 1.73. The highest BCUT2D eigenvalue weighted by atomic mass is 32.1. The lowest BCUT2D eigenvalue weighted by Gasteiger charge is -2.18. The number of hydrogen-bond donors (Lipinski definition) is 2. The molecule has 0 aliphatic rings. The van der Waals surface area contributed by atoms with Crippen molar-refractivity contribution in [2.75, 3.05) is 17.6 Å². The number of aromatic nitrogens is 3. The van der Waals surface area contributed by atoms with Crippen LogP contribution in [0.1, 0.15) is 37.3 Å². The standard InChI is InChI=1S/C14H21N5S/c1-9-17-10(8-20-9)5-6-16-12-7-11(15)18-13(19-12)14(2,3)4/h7-8H,5-6H2,1-4H3,(H3,15,16,18,19). The smallest absolute Gasteiger partial charge is 0.138 e. The van der Waals surface area contributed by atoms with Gasteiger partial charge in [-0.15, -0.1) is 11.3 Å². The van der Waals surface area contributed by atoms with Crippen LogP contribution in [0.25, 0.3) is 0 Å². The number of rotatable bonds is 4. The monoisotopic (exact) mass is 291 g/mol. The molecule has 0 aliphatic heterocycles. The fourth-order valence-corrected chi connectivity index (χ4v) is 2.38. The van der Waals surface area contributed by atoms with Crippen LogP contribution in [0.2, 0.25) is 0 Å². The molecular weight excluding hydrogens is 270 g/mol. The molecule has 20 heavy (non-hydrogen) atoms. The molecule has 5 nitrogen and oxygen atoms in total. The molecule has 2 rings (SSSR count). The Labute approximate surface area is 123 Å². The van der Waals surface area contributed by atoms with Gasteiger partial charge in [-0.25, -0.2) is 15.0 Å². The van der Waals surface area contributed by atoms with E-state index < -0.39 is 0 Å². The third-order valence-electron chi connectivity index (χ3n) is 2.77. The zero-order valence-corrected chi connectivity index (χ0v) is 13.2. The zero-order chi connectivity index (χ0) is 14.8. The molecule has 2 heterocycles. The van der Waals surface area contributed by atoms with E-state index in [1.807, 2.05) is 6.92 Å². The van der Waals surface area contributed by atoms with E-state index in [0.717, 1.165) is 35.3 Å². The number of nitrogens with two attached hydrogens (primary N) is 1. The van der Waals surface area contributed by atoms with Crippen molar-refractivity contribution in [3.63, 3.8) is 0 Å². The number of anilines is 2. The Bertz CT molecular complexity index is 585. The van der Waals surface area contributed by atoms with Crippen LogP contribution < -0.4 is 11.1 Å². The molecule has 6 heteroatoms. The minimum Gasteiger partial charge on any atom is -0.384 e. The number of thiazole rings is 1. The first kappa shape index (κ1) is 14.7. The van der Waals surface area contributed by atoms with Gasteiger partial charge in [0.05, 0.1) is 10.7 Å². The predicted octanol–water partition coefficient (Wildman–Crippen LogP) is 2.78. The van der Waals surface area contributed by atoms with E-state index in [1.54, 1.807) is 17.4 Å². The second kappa shape index (κ2) is 5.75. The first-order valence-electron chi connectivity index (χ1n) is 6.64. The predicted molar refractivity (Wildman–Crippen MR) is 84.2 cm³/mol. The van der Waals surface area contributed by atoms with Gasteiger partial charge in [0.1, 0.15) is 17.5 Å². The summed E-state index contributed by atoms with van der Waals surface area (Å²) in [6.07, 6.45) is 0.874. The molecule has 2 aromatic rings. The first-order valence-corrected chi connectivity index (χ1v) is 7.52. The average molecular weight is 291 g/mol. The van der Waals surface area contributed by atoms with Crippen LogP contribution in [-0.4, -0.2) is 21.5 Å². The average Bonchev–Trinajstić information content (AvgIpc) is 2.73. The van der Waals surface area contributed by atoms with Crippen molar-refractivity contribution in [2.24, 2.45) is 0 Å². The van der Waals surface area contributed by atoms with Crippen LogP contribution in [0.5, 0.6) is 0 Å². The molecule has 0 saturated heterocycles. The summed E-state index contributed by atoms with van der Waals surface area (Å²) in [4.78, 5) is 13.2. The highest BCUT2D eigenvalue weighted by Gasteiger charge is 2.18. The largest absolute Gasteiger partial charge is 0.384 e. The highest BCUT2D eigenvalue weighted by Crippen LogP contribution is 2.21. The summed E-state index contributed by atoms with van der Waals surface area (Å²) in [5.41, 5.74) is 6.84. The Kier molecular flexibility index (Phi) is 4.23. The molecule has 0 aromatic carbocycles. The van der Waals surface area contributed by atoms with Crippen LogP contribution in [0.15, 0.2) is 11.4 Å². The summed E-state index contributed by atoms with van der Waals surface area (Å²) >= 11 is 1.67. The van der Waals surface area contributed by atoms with Gasteiger partial charge in [-0.1, -0.05) is 20.8 Å². The van der Waals surface area contributed by atoms with Gasteiger partial charge in [-0.2, -0.15) is 0 Å². The van der Waals surface area contributed by atoms with Crippen LogP contribution in [0.4, 0.5) is 11.6 Å². The summed E-state index contributed by atoms with van der Waals surface area (Å²) in [6, 6.07) is 1.77. The van der Waals surface area contributed by atoms with Crippen LogP contribution in [-0.2, 0) is 11.8 Å². The van der Waals surface area contributed by atoms with Crippen molar-refractivity contribution in [3.05, 3.63) is 28.0 Å². The maximum absolute atomic E-state index is 5.84. The summed E-state index contributed by atoms with van der Waals surface area (Å²) < 4.78 is 0. The Morgan fingerprint density at radius 2 is 2.00 bits per heavy atom. The zero-order valence-electron chi connectivity index (χ0n) is 12.4. The van der Waals surface area contributed by atoms with Gasteiger partial charge in [-0.05, 0) is 6.92 Å². The van der Waals surface area contributed by atoms with Gasteiger partial charge in [0.2, 0.25) is 0 Å². The first-order chi connectivity index (χ1) is 9.34. The SMILES string of the molecule is Cc1nc(CCNc2cc(N)nc(C(C)(C)C)n2)cs1. The van der Waals surface area contributed by atoms with Crippen molar-refractivity contribution >= 4 is 23.0 Å². The summed E-state index contributed by atoms with van der Waals surface area (Å²) in [5.74, 6) is 2.02. The van der Waals surface area contributed by atoms with Gasteiger partial charge >= 0.3 is 0 Å². The summed E-state index contributed by atoms with van der Waals surface area (Å²) in [6.45, 7) is 9.02. The van der Waals surface area contributed by atoms with E-state index in [2.05, 4.69) is 46.4 Å². The van der Waals surface area contributed by atoms with Crippen molar-refractivity contribution in [2.45, 2.75) is 39.5 Å². The quantitative estimate of drug-likeness (QED) is 0.905. The Hall–Kier alpha value is -1.69. The molecule has 2 aromatic heterocycles. The van der Waals surface area contributed by atoms with E-state index in [4.69, 9.17) is 5.73 Å². The number of hydrogen-bond acceptors (Lipinski definition) is 6. The molecule has 0 fully saturated rings. The van der Waals surface area contributed by atoms with Gasteiger partial charge in [-0.3, -0.25) is 0 Å². The molecule has 0 spiro atoms. The second-order valence-corrected chi connectivity index (χ2v) is 6.85. The van der Waals surface area contributed by atoms with E-state index in [9.17, 15) is 0 Å². The van der Waals surface area contributed by atoms with Crippen molar-refractivity contribution in [1.29, 1.82) is 0 Å². The van der Waals surface area contributed by atoms with E-state index >= 15 is 0 Å². The molecule has 0 bridgehead atoms. The molecule has 0 aliphatic carbocycles. The minimum atomic E-state index is -0.113. The molecule has 3 N–H and O–H groups in total. The summed E-state index contributed by atoms with van der Waals surface area (Å²) in [7, 11) is 0. The van der Waals surface area contributed by atoms with Crippen molar-refractivity contribution < 1.29 is 0 Å². The Morgan fingerprint density at radius 1 is 1.25 bits per heavy atom. The lowest BCUT2D eigenvalue weighted by atomic mass is 9.96. The molecular formula is C14H21N5S. The fraction of sp³-hybridized carbons (Fsp3) is 0.500. The van der Waals surface area contributed by atoms with Crippen LogP contribution in [0.3, 0.4) is 0 Å². The van der Waals surface area contributed by atoms with Gasteiger partial charge in [0.15, 0.2) is 0 Å². The number of nitrogens with one attached hydrogen (secondary N) is 1. The number of aryl methyl sites for hydroxylation is 1. The minimum absolute atomic E-state index is 0.113. The lowest BCUT2D eigenvalue weighted by Crippen LogP contribution is -2.18. The Morgan fingerprint density at radius 3 is 2.60 bits per heavy atom. The van der Waals surface area contributed by atoms with Crippen LogP contribution >= 0.6 is 11.3 Å². The molecule has 0 amide bonds. The van der Waals surface area contributed by atoms with Gasteiger partial charge < -0.3 is 11.1 Å². The maximum Gasteiger partial charge on any atom is 0.138 e. The van der Waals surface area contributed by atoms with Crippen LogP contribution in [0, 0.1) is 6.92 Å². The third-order valence-corrected chi connectivity index (χ3v) is 3.59. The maximum atomic E-state index is 5.84. The second-order valence-electron chi connectivity index (χ2n) is 5.79. The molecule has 0 saturated carbocycles. The molecule has 0 radical (unpaired) electrons. The third kappa shape index (κ3) is 3.90. The number of nitrogen functional groups attached to an aromatic ring is 1. The van der Waals surface area contributed by atoms with Crippen molar-refractivity contribution in [3.8, 4) is 0 Å². The normalized spacial score (nSPS) is 11.6. The van der Waals surface area contributed by atoms with E-state index in [-0.39, 0.29) is 5.41 Å². The Balaban J connectivity index is 2.00. The van der Waals surface area contributed by atoms with E-state index in [0.29, 0.717) is 5.82 Å². The topological polar surface area (TPSA) is 76.7 Å². The number of nitrogens with zero attached hydrogens (tertiary/aromatic N) is 3. The van der Waals surface area contributed by atoms with E-state index in [1.165, 1.54) is 0 Å². The van der Waals surface area contributed by atoms with Crippen molar-refractivity contribution in [1.82, 2.24) is 15.0 Å². The summed E-state index contributed by atoms with van der Waals surface area (Å²) in [5, 5.41) is 6.48. The molecule has 0 atom stereocenters. The lowest BCUT2D eigenvalue weighted by molar-refractivity contribution is 0.547. The molecule has 0 unspecified atom stereocenters. The van der Waals surface area contributed by atoms with Gasteiger partial charge in [0, 0.05) is 29.8 Å². The highest BCUT2D eigenvalue weighted by molar-refractivity contribution is 7.09. The van der Waals surface area contributed by atoms with Gasteiger partial charge in [0.25, 0.3) is 0 Å². The molecule has 108 valence electrons.